The zero-order chi connectivity index (χ0) is 6.69. The van der Waals surface area contributed by atoms with E-state index in [-0.39, 0.29) is 0 Å². The first-order valence-corrected chi connectivity index (χ1v) is 3.20. The molecule has 0 saturated heterocycles. The molecule has 0 aliphatic heterocycles. The van der Waals surface area contributed by atoms with Gasteiger partial charge >= 0.3 is 0 Å². The Morgan fingerprint density at radius 3 is 3.11 bits per heavy atom. The lowest BCUT2D eigenvalue weighted by atomic mass is 10.6. The second-order valence-electron chi connectivity index (χ2n) is 1.44. The molecule has 0 N–H and O–H groups in total. The number of isocyanates is 1. The summed E-state index contributed by atoms with van der Waals surface area (Å²) in [6.07, 6.45) is 1.43. The predicted octanol–water partition coefficient (Wildman–Crippen LogP) is 1.42. The molecule has 1 rings (SSSR count). The van der Waals surface area contributed by atoms with Crippen molar-refractivity contribution in [3.05, 3.63) is 10.4 Å². The molecule has 0 unspecified atom stereocenters. The first-order valence-electron chi connectivity index (χ1n) is 2.32. The summed E-state index contributed by atoms with van der Waals surface area (Å²) in [6.45, 7) is 1.86. The molecule has 3 nitrogen and oxygen atoms in total. The molecule has 0 bridgehead atoms. The summed E-state index contributed by atoms with van der Waals surface area (Å²) in [4.78, 5) is 17.8. The van der Waals surface area contributed by atoms with Crippen LogP contribution in [0.4, 0.5) is 5.82 Å². The second kappa shape index (κ2) is 2.53. The van der Waals surface area contributed by atoms with Crippen molar-refractivity contribution >= 4 is 23.2 Å². The molecule has 46 valence electrons. The van der Waals surface area contributed by atoms with Crippen molar-refractivity contribution in [1.29, 1.82) is 0 Å². The van der Waals surface area contributed by atoms with Crippen molar-refractivity contribution in [2.45, 2.75) is 6.92 Å². The number of aliphatic imine (C=N–C) groups is 1. The molecule has 0 saturated carbocycles. The van der Waals surface area contributed by atoms with Crippen LogP contribution in [-0.2, 0) is 4.79 Å². The molecular weight excluding hydrogens is 136 g/mol. The molecule has 0 radical (unpaired) electrons. The van der Waals surface area contributed by atoms with Crippen LogP contribution in [0, 0.1) is 6.92 Å². The molecule has 0 spiro atoms. The highest BCUT2D eigenvalue weighted by Crippen LogP contribution is 2.18. The Bertz CT molecular complexity index is 249. The van der Waals surface area contributed by atoms with Gasteiger partial charge in [0.25, 0.3) is 0 Å². The number of hydrogen-bond donors (Lipinski definition) is 0. The van der Waals surface area contributed by atoms with Crippen LogP contribution in [0.2, 0.25) is 0 Å². The van der Waals surface area contributed by atoms with Gasteiger partial charge in [0, 0.05) is 4.88 Å². The summed E-state index contributed by atoms with van der Waals surface area (Å²) >= 11 is 1.46. The molecule has 1 aromatic heterocycles. The molecule has 0 aliphatic rings. The molecule has 1 heterocycles. The molecular formula is C5H4N2OS. The monoisotopic (exact) mass is 140 g/mol. The lowest BCUT2D eigenvalue weighted by Gasteiger charge is -1.78. The maximum atomic E-state index is 9.70. The summed E-state index contributed by atoms with van der Waals surface area (Å²) < 4.78 is 0. The minimum atomic E-state index is 0.481. The van der Waals surface area contributed by atoms with E-state index in [4.69, 9.17) is 0 Å². The molecule has 4 heteroatoms. The van der Waals surface area contributed by atoms with Crippen LogP contribution in [0.1, 0.15) is 4.88 Å². The van der Waals surface area contributed by atoms with Crippen molar-refractivity contribution in [3.63, 3.8) is 0 Å². The molecule has 1 aromatic rings. The van der Waals surface area contributed by atoms with Crippen molar-refractivity contribution in [1.82, 2.24) is 4.98 Å². The Balaban J connectivity index is 3.07. The van der Waals surface area contributed by atoms with E-state index in [2.05, 4.69) is 9.98 Å². The van der Waals surface area contributed by atoms with Gasteiger partial charge in [-0.15, -0.1) is 16.3 Å². The van der Waals surface area contributed by atoms with Crippen LogP contribution in [0.3, 0.4) is 0 Å². The fourth-order valence-electron chi connectivity index (χ4n) is 0.450. The van der Waals surface area contributed by atoms with Crippen LogP contribution in [-0.4, -0.2) is 11.1 Å². The highest BCUT2D eigenvalue weighted by molar-refractivity contribution is 7.10. The van der Waals surface area contributed by atoms with E-state index in [0.29, 0.717) is 5.82 Å². The number of aromatic nitrogens is 1. The van der Waals surface area contributed by atoms with Crippen LogP contribution < -0.4 is 0 Å². The Morgan fingerprint density at radius 1 is 1.89 bits per heavy atom. The molecule has 0 atom stereocenters. The van der Waals surface area contributed by atoms with Crippen molar-refractivity contribution in [2.24, 2.45) is 4.99 Å². The second-order valence-corrected chi connectivity index (χ2v) is 2.49. The van der Waals surface area contributed by atoms with Crippen molar-refractivity contribution in [2.75, 3.05) is 0 Å². The van der Waals surface area contributed by atoms with Gasteiger partial charge in [-0.1, -0.05) is 0 Å². The third-order valence-corrected chi connectivity index (χ3v) is 1.62. The number of rotatable bonds is 1. The number of hydrogen-bond acceptors (Lipinski definition) is 4. The summed E-state index contributed by atoms with van der Waals surface area (Å²) in [5.74, 6) is 0.481. The van der Waals surface area contributed by atoms with Gasteiger partial charge in [0.1, 0.15) is 0 Å². The SMILES string of the molecule is Cc1scnc1N=C=O. The molecule has 0 aliphatic carbocycles. The largest absolute Gasteiger partial charge is 0.242 e. The Hall–Kier alpha value is -0.990. The van der Waals surface area contributed by atoms with E-state index < -0.39 is 0 Å². The first-order chi connectivity index (χ1) is 4.34. The average molecular weight is 140 g/mol. The zero-order valence-electron chi connectivity index (χ0n) is 4.79. The summed E-state index contributed by atoms with van der Waals surface area (Å²) in [5.41, 5.74) is 1.64. The lowest BCUT2D eigenvalue weighted by molar-refractivity contribution is 0.565. The predicted molar refractivity (Wildman–Crippen MR) is 34.6 cm³/mol. The van der Waals surface area contributed by atoms with Crippen LogP contribution in [0.15, 0.2) is 10.5 Å². The van der Waals surface area contributed by atoms with Gasteiger partial charge in [-0.3, -0.25) is 0 Å². The van der Waals surface area contributed by atoms with E-state index in [1.807, 2.05) is 6.92 Å². The standard InChI is InChI=1S/C5H4N2OS/c1-4-5(6-2-8)7-3-9-4/h3H,1H3. The highest BCUT2D eigenvalue weighted by Gasteiger charge is 1.95. The average Bonchev–Trinajstić information content (AvgIpc) is 2.18. The van der Waals surface area contributed by atoms with Gasteiger partial charge in [0.15, 0.2) is 5.82 Å². The van der Waals surface area contributed by atoms with Gasteiger partial charge in [0.05, 0.1) is 5.51 Å². The van der Waals surface area contributed by atoms with Crippen LogP contribution >= 0.6 is 11.3 Å². The quantitative estimate of drug-likeness (QED) is 0.437. The third-order valence-electron chi connectivity index (χ3n) is 0.871. The van der Waals surface area contributed by atoms with Gasteiger partial charge < -0.3 is 0 Å². The fourth-order valence-corrected chi connectivity index (χ4v) is 0.964. The smallest absolute Gasteiger partial charge is 0.225 e. The lowest BCUT2D eigenvalue weighted by Crippen LogP contribution is -1.63. The Morgan fingerprint density at radius 2 is 2.67 bits per heavy atom. The Kier molecular flexibility index (Phi) is 1.72. The molecule has 0 amide bonds. The number of carbonyl (C=O) groups excluding carboxylic acids is 1. The normalized spacial score (nSPS) is 8.56. The number of aryl methyl sites for hydroxylation is 1. The zero-order valence-corrected chi connectivity index (χ0v) is 5.60. The minimum absolute atomic E-state index is 0.481. The first kappa shape index (κ1) is 6.13. The summed E-state index contributed by atoms with van der Waals surface area (Å²) in [5, 5.41) is 0. The van der Waals surface area contributed by atoms with E-state index in [9.17, 15) is 4.79 Å². The Labute approximate surface area is 56.1 Å². The maximum Gasteiger partial charge on any atom is 0.242 e. The highest BCUT2D eigenvalue weighted by atomic mass is 32.1. The molecule has 0 aromatic carbocycles. The van der Waals surface area contributed by atoms with Crippen molar-refractivity contribution < 1.29 is 4.79 Å². The van der Waals surface area contributed by atoms with E-state index in [1.54, 1.807) is 5.51 Å². The van der Waals surface area contributed by atoms with Gasteiger partial charge in [-0.25, -0.2) is 9.78 Å². The van der Waals surface area contributed by atoms with Gasteiger partial charge in [-0.05, 0) is 6.92 Å². The molecule has 9 heavy (non-hydrogen) atoms. The molecule has 0 fully saturated rings. The fraction of sp³-hybridized carbons (Fsp3) is 0.200. The van der Waals surface area contributed by atoms with Crippen molar-refractivity contribution in [3.8, 4) is 0 Å². The maximum absolute atomic E-state index is 9.70. The van der Waals surface area contributed by atoms with Crippen LogP contribution in [0.5, 0.6) is 0 Å². The number of thiazole rings is 1. The third kappa shape index (κ3) is 1.22. The van der Waals surface area contributed by atoms with Crippen LogP contribution in [0.25, 0.3) is 0 Å². The number of nitrogens with zero attached hydrogens (tertiary/aromatic N) is 2. The van der Waals surface area contributed by atoms with Gasteiger partial charge in [-0.2, -0.15) is 0 Å². The van der Waals surface area contributed by atoms with E-state index in [0.717, 1.165) is 4.88 Å². The van der Waals surface area contributed by atoms with Gasteiger partial charge in [0.2, 0.25) is 6.08 Å². The summed E-state index contributed by atoms with van der Waals surface area (Å²) in [6, 6.07) is 0. The van der Waals surface area contributed by atoms with E-state index in [1.165, 1.54) is 17.4 Å². The topological polar surface area (TPSA) is 42.3 Å². The minimum Gasteiger partial charge on any atom is -0.225 e. The van der Waals surface area contributed by atoms with E-state index >= 15 is 0 Å². The summed E-state index contributed by atoms with van der Waals surface area (Å²) in [7, 11) is 0.